The molecule has 0 aliphatic carbocycles. The van der Waals surface area contributed by atoms with Gasteiger partial charge in [-0.2, -0.15) is 0 Å². The summed E-state index contributed by atoms with van der Waals surface area (Å²) in [6.45, 7) is 0. The molecule has 0 spiro atoms. The molecule has 0 unspecified atom stereocenters. The second-order valence-corrected chi connectivity index (χ2v) is 6.17. The number of aromatic nitrogens is 2. The highest BCUT2D eigenvalue weighted by Crippen LogP contribution is 3.03. The van der Waals surface area contributed by atoms with Crippen LogP contribution in [0.1, 0.15) is 0 Å². The molecule has 8 heteroatoms. The molecule has 1 aromatic rings. The van der Waals surface area contributed by atoms with E-state index in [-0.39, 0.29) is 0 Å². The highest BCUT2D eigenvalue weighted by atomic mass is 35.7. The van der Waals surface area contributed by atoms with Crippen LogP contribution in [0.25, 0.3) is 0 Å². The third-order valence-electron chi connectivity index (χ3n) is 0.887. The maximum Gasteiger partial charge on any atom is 0.283 e. The molecule has 0 atom stereocenters. The third kappa shape index (κ3) is 2.21. The van der Waals surface area contributed by atoms with Crippen molar-refractivity contribution in [2.75, 3.05) is 0 Å². The summed E-state index contributed by atoms with van der Waals surface area (Å²) in [5.74, 6) is 0. The Labute approximate surface area is 69.5 Å². The first-order valence-electron chi connectivity index (χ1n) is 2.61. The molecule has 0 radical (unpaired) electrons. The Balaban J connectivity index is 3.36. The second-order valence-electron chi connectivity index (χ2n) is 2.00. The van der Waals surface area contributed by atoms with E-state index in [9.17, 15) is 15.5 Å². The van der Waals surface area contributed by atoms with E-state index in [1.54, 1.807) is 0 Å². The molecule has 0 aliphatic heterocycles. The molecule has 0 amide bonds. The van der Waals surface area contributed by atoms with Crippen molar-refractivity contribution in [3.05, 3.63) is 18.5 Å². The van der Waals surface area contributed by atoms with E-state index in [2.05, 4.69) is 20.7 Å². The lowest BCUT2D eigenvalue weighted by Crippen LogP contribution is -2.08. The fourth-order valence-corrected chi connectivity index (χ4v) is 1.24. The van der Waals surface area contributed by atoms with Crippen molar-refractivity contribution in [1.82, 2.24) is 9.97 Å². The zero-order valence-electron chi connectivity index (χ0n) is 5.42. The summed E-state index contributed by atoms with van der Waals surface area (Å²) in [7, 11) is -4.78. The molecule has 0 N–H and O–H groups in total. The van der Waals surface area contributed by atoms with E-state index >= 15 is 0 Å². The van der Waals surface area contributed by atoms with Crippen LogP contribution in [0.3, 0.4) is 0 Å². The lowest BCUT2D eigenvalue weighted by molar-refractivity contribution is 0.463. The summed E-state index contributed by atoms with van der Waals surface area (Å²) >= 11 is 0. The van der Waals surface area contributed by atoms with Gasteiger partial charge in [-0.1, -0.05) is 0 Å². The molecule has 0 aliphatic rings. The zero-order chi connectivity index (χ0) is 9.52. The highest BCUT2D eigenvalue weighted by molar-refractivity contribution is 8.65. The summed E-state index contributed by atoms with van der Waals surface area (Å²) in [4.78, 5) is 5.41. The fraction of sp³-hybridized carbons (Fsp3) is 0. The molecule has 70 valence electrons. The minimum atomic E-state index is -8.68. The largest absolute Gasteiger partial charge is 0.283 e. The molecular weight excluding hydrogens is 220 g/mol. The van der Waals surface area contributed by atoms with Gasteiger partial charge < -0.3 is 0 Å². The number of hydrogen-bond donors (Lipinski definition) is 0. The van der Waals surface area contributed by atoms with E-state index in [1.807, 2.05) is 0 Å². The molecule has 12 heavy (non-hydrogen) atoms. The van der Waals surface area contributed by atoms with E-state index in [0.717, 1.165) is 18.5 Å². The Morgan fingerprint density at radius 2 is 1.50 bits per heavy atom. The molecule has 0 fully saturated rings. The van der Waals surface area contributed by atoms with Gasteiger partial charge in [-0.05, 0) is 6.07 Å². The van der Waals surface area contributed by atoms with Gasteiger partial charge in [-0.3, -0.25) is 0 Å². The molecule has 2 nitrogen and oxygen atoms in total. The quantitative estimate of drug-likeness (QED) is 0.538. The van der Waals surface area contributed by atoms with E-state index in [4.69, 9.17) is 0 Å². The van der Waals surface area contributed by atoms with Gasteiger partial charge in [0.25, 0.3) is 14.2 Å². The Kier molecular flexibility index (Phi) is 1.47. The van der Waals surface area contributed by atoms with E-state index in [0.29, 0.717) is 0 Å². The van der Waals surface area contributed by atoms with Gasteiger partial charge in [0.1, 0.15) is 0 Å². The van der Waals surface area contributed by atoms with E-state index < -0.39 is 14.2 Å². The first kappa shape index (κ1) is 9.53. The minimum Gasteiger partial charge on any atom is -0.225 e. The summed E-state index contributed by atoms with van der Waals surface area (Å²) in [6.07, 6.45) is 1.53. The minimum absolute atomic E-state index is 0.767. The van der Waals surface area contributed by atoms with Crippen molar-refractivity contribution in [3.63, 3.8) is 0 Å². The highest BCUT2D eigenvalue weighted by Gasteiger charge is 2.66. The van der Waals surface area contributed by atoms with Crippen LogP contribution in [0.15, 0.2) is 23.6 Å². The van der Waals surface area contributed by atoms with Crippen LogP contribution >= 0.6 is 19.7 Å². The number of nitrogens with zero attached hydrogens (tertiary/aromatic N) is 2. The van der Waals surface area contributed by atoms with Crippen molar-refractivity contribution in [2.45, 2.75) is 5.16 Å². The number of halogens is 5. The van der Waals surface area contributed by atoms with Crippen LogP contribution in [0.5, 0.6) is 0 Å². The SMILES string of the molecule is FS(F)(F)(F)(Cl)c1ncccn1. The van der Waals surface area contributed by atoms with Gasteiger partial charge in [0.15, 0.2) is 0 Å². The molecule has 0 bridgehead atoms. The first-order chi connectivity index (χ1) is 5.09. The van der Waals surface area contributed by atoms with Crippen molar-refractivity contribution in [1.29, 1.82) is 0 Å². The van der Waals surface area contributed by atoms with Crippen LogP contribution < -0.4 is 0 Å². The zero-order valence-corrected chi connectivity index (χ0v) is 7.00. The maximum atomic E-state index is 12.3. The molecule has 0 saturated carbocycles. The van der Waals surface area contributed by atoms with Crippen molar-refractivity contribution in [2.24, 2.45) is 0 Å². The van der Waals surface area contributed by atoms with Crippen LogP contribution in [-0.2, 0) is 0 Å². The number of rotatable bonds is 1. The predicted molar refractivity (Wildman–Crippen MR) is 38.2 cm³/mol. The predicted octanol–water partition coefficient (Wildman–Crippen LogP) is 3.40. The summed E-state index contributed by atoms with van der Waals surface area (Å²) < 4.78 is 49.0. The first-order valence-corrected chi connectivity index (χ1v) is 5.48. The van der Waals surface area contributed by atoms with Gasteiger partial charge in [-0.15, -0.1) is 15.5 Å². The average Bonchev–Trinajstić information content (AvgIpc) is 1.85. The average molecular weight is 223 g/mol. The van der Waals surface area contributed by atoms with Crippen molar-refractivity contribution in [3.8, 4) is 0 Å². The van der Waals surface area contributed by atoms with Crippen LogP contribution in [0.4, 0.5) is 15.5 Å². The van der Waals surface area contributed by atoms with E-state index in [1.165, 1.54) is 0 Å². The van der Waals surface area contributed by atoms with Crippen molar-refractivity contribution >= 4 is 19.7 Å². The molecular formula is C4H3ClF4N2S. The standard InChI is InChI=1S/C4H3ClF4N2S/c5-12(6,7,8,9)4-10-2-1-3-11-4/h1-3H. The molecule has 1 rings (SSSR count). The van der Waals surface area contributed by atoms with Gasteiger partial charge in [0, 0.05) is 23.1 Å². The maximum absolute atomic E-state index is 12.3. The molecule has 0 aromatic carbocycles. The van der Waals surface area contributed by atoms with Crippen LogP contribution in [0.2, 0.25) is 0 Å². The van der Waals surface area contributed by atoms with Crippen molar-refractivity contribution < 1.29 is 15.5 Å². The Morgan fingerprint density at radius 3 is 1.75 bits per heavy atom. The monoisotopic (exact) mass is 222 g/mol. The normalized spacial score (nSPS) is 18.1. The Bertz CT molecular complexity index is 294. The number of hydrogen-bond acceptors (Lipinski definition) is 2. The fourth-order valence-electron chi connectivity index (χ4n) is 0.485. The smallest absolute Gasteiger partial charge is 0.225 e. The van der Waals surface area contributed by atoms with Gasteiger partial charge >= 0.3 is 0 Å². The summed E-state index contributed by atoms with van der Waals surface area (Å²) in [5.41, 5.74) is 0. The Hall–Kier alpha value is -0.560. The third-order valence-corrected chi connectivity index (χ3v) is 2.20. The molecule has 1 aromatic heterocycles. The summed E-state index contributed by atoms with van der Waals surface area (Å²) in [6, 6.07) is 1.13. The lowest BCUT2D eigenvalue weighted by Gasteiger charge is -2.39. The molecule has 1 heterocycles. The molecule has 0 saturated heterocycles. The topological polar surface area (TPSA) is 25.8 Å². The van der Waals surface area contributed by atoms with Gasteiger partial charge in [-0.25, -0.2) is 9.97 Å². The van der Waals surface area contributed by atoms with Crippen LogP contribution in [-0.4, -0.2) is 9.97 Å². The lowest BCUT2D eigenvalue weighted by atomic mass is 10.7. The van der Waals surface area contributed by atoms with Gasteiger partial charge in [0.05, 0.1) is 0 Å². The van der Waals surface area contributed by atoms with Gasteiger partial charge in [0.2, 0.25) is 0 Å². The second kappa shape index (κ2) is 1.85. The Morgan fingerprint density at radius 1 is 1.08 bits per heavy atom. The summed E-state index contributed by atoms with van der Waals surface area (Å²) in [5, 5.41) is -1.92. The van der Waals surface area contributed by atoms with Crippen LogP contribution in [0, 0.1) is 0 Å².